The molecule has 0 N–H and O–H groups in total. The number of hydrogen-bond acceptors (Lipinski definition) is 3. The summed E-state index contributed by atoms with van der Waals surface area (Å²) in [5.74, 6) is 0.574. The highest BCUT2D eigenvalue weighted by molar-refractivity contribution is 5.69. The van der Waals surface area contributed by atoms with Gasteiger partial charge in [0, 0.05) is 6.42 Å². The first-order chi connectivity index (χ1) is 11.3. The molecular formula is C20H30O3. The Hall–Kier alpha value is -1.77. The minimum absolute atomic E-state index is 0.137. The van der Waals surface area contributed by atoms with E-state index < -0.39 is 0 Å². The van der Waals surface area contributed by atoms with Crippen LogP contribution in [0, 0.1) is 0 Å². The molecule has 0 saturated carbocycles. The van der Waals surface area contributed by atoms with E-state index in [0.717, 1.165) is 25.7 Å². The lowest BCUT2D eigenvalue weighted by molar-refractivity contribution is -0.150. The molecule has 0 aliphatic rings. The fourth-order valence-corrected chi connectivity index (χ4v) is 2.49. The Morgan fingerprint density at radius 3 is 2.43 bits per heavy atom. The van der Waals surface area contributed by atoms with Gasteiger partial charge in [0.15, 0.2) is 6.10 Å². The molecule has 1 aromatic rings. The smallest absolute Gasteiger partial charge is 0.306 e. The minimum atomic E-state index is -0.297. The Balaban J connectivity index is 2.17. The fraction of sp³-hybridized carbons (Fsp3) is 0.550. The Morgan fingerprint density at radius 1 is 1.09 bits per heavy atom. The van der Waals surface area contributed by atoms with E-state index in [1.807, 2.05) is 24.3 Å². The maximum absolute atomic E-state index is 12.0. The highest BCUT2D eigenvalue weighted by atomic mass is 16.6. The lowest BCUT2D eigenvalue weighted by Crippen LogP contribution is -2.10. The summed E-state index contributed by atoms with van der Waals surface area (Å²) in [7, 11) is 0. The van der Waals surface area contributed by atoms with Crippen LogP contribution in [0.3, 0.4) is 0 Å². The van der Waals surface area contributed by atoms with Crippen LogP contribution in [-0.4, -0.2) is 5.97 Å². The number of ether oxygens (including phenoxy) is 1. The van der Waals surface area contributed by atoms with Crippen LogP contribution < -0.4 is 0 Å². The summed E-state index contributed by atoms with van der Waals surface area (Å²) in [5.41, 5.74) is 0. The number of rotatable bonds is 14. The van der Waals surface area contributed by atoms with Gasteiger partial charge in [-0.1, -0.05) is 37.8 Å². The molecule has 0 aliphatic heterocycles. The van der Waals surface area contributed by atoms with Gasteiger partial charge in [-0.05, 0) is 44.2 Å². The van der Waals surface area contributed by atoms with Gasteiger partial charge in [-0.2, -0.15) is 0 Å². The van der Waals surface area contributed by atoms with Gasteiger partial charge in [0.05, 0.1) is 6.26 Å². The third-order valence-electron chi connectivity index (χ3n) is 3.81. The molecule has 3 heteroatoms. The van der Waals surface area contributed by atoms with Crippen molar-refractivity contribution in [1.29, 1.82) is 0 Å². The summed E-state index contributed by atoms with van der Waals surface area (Å²) in [5, 5.41) is 0. The maximum atomic E-state index is 12.0. The van der Waals surface area contributed by atoms with Crippen molar-refractivity contribution in [3.8, 4) is 0 Å². The van der Waals surface area contributed by atoms with Crippen LogP contribution >= 0.6 is 0 Å². The van der Waals surface area contributed by atoms with Gasteiger partial charge >= 0.3 is 5.97 Å². The molecule has 1 unspecified atom stereocenters. The SMILES string of the molecule is C=CCCCCCCCCC(=O)OC(CCC=C)c1ccco1. The second kappa shape index (κ2) is 12.7. The van der Waals surface area contributed by atoms with Gasteiger partial charge in [0.25, 0.3) is 0 Å². The second-order valence-electron chi connectivity index (χ2n) is 5.81. The van der Waals surface area contributed by atoms with Crippen LogP contribution in [-0.2, 0) is 9.53 Å². The maximum Gasteiger partial charge on any atom is 0.306 e. The zero-order chi connectivity index (χ0) is 16.8. The van der Waals surface area contributed by atoms with E-state index in [4.69, 9.17) is 9.15 Å². The number of allylic oxidation sites excluding steroid dienone is 2. The van der Waals surface area contributed by atoms with Gasteiger partial charge in [-0.15, -0.1) is 13.2 Å². The zero-order valence-electron chi connectivity index (χ0n) is 14.2. The van der Waals surface area contributed by atoms with E-state index >= 15 is 0 Å². The highest BCUT2D eigenvalue weighted by Gasteiger charge is 2.18. The first-order valence-electron chi connectivity index (χ1n) is 8.72. The molecule has 0 spiro atoms. The van der Waals surface area contributed by atoms with E-state index in [0.29, 0.717) is 18.6 Å². The van der Waals surface area contributed by atoms with E-state index in [9.17, 15) is 4.79 Å². The summed E-state index contributed by atoms with van der Waals surface area (Å²) in [6, 6.07) is 3.67. The van der Waals surface area contributed by atoms with Gasteiger partial charge in [-0.3, -0.25) is 4.79 Å². The Kier molecular flexibility index (Phi) is 10.7. The predicted octanol–water partition coefficient (Wildman–Crippen LogP) is 6.14. The molecule has 0 radical (unpaired) electrons. The van der Waals surface area contributed by atoms with Crippen LogP contribution in [0.15, 0.2) is 48.1 Å². The molecule has 0 saturated heterocycles. The lowest BCUT2D eigenvalue weighted by atomic mass is 10.1. The highest BCUT2D eigenvalue weighted by Crippen LogP contribution is 2.24. The topological polar surface area (TPSA) is 39.4 Å². The predicted molar refractivity (Wildman–Crippen MR) is 94.1 cm³/mol. The van der Waals surface area contributed by atoms with E-state index in [-0.39, 0.29) is 12.1 Å². The largest absolute Gasteiger partial charge is 0.465 e. The van der Waals surface area contributed by atoms with Crippen LogP contribution in [0.2, 0.25) is 0 Å². The fourth-order valence-electron chi connectivity index (χ4n) is 2.49. The Bertz CT molecular complexity index is 434. The molecule has 0 amide bonds. The van der Waals surface area contributed by atoms with Crippen LogP contribution in [0.4, 0.5) is 0 Å². The van der Waals surface area contributed by atoms with Gasteiger partial charge in [0.2, 0.25) is 0 Å². The van der Waals surface area contributed by atoms with Crippen molar-refractivity contribution in [2.45, 2.75) is 70.3 Å². The summed E-state index contributed by atoms with van der Waals surface area (Å²) in [6.45, 7) is 7.44. The monoisotopic (exact) mass is 318 g/mol. The van der Waals surface area contributed by atoms with Crippen LogP contribution in [0.25, 0.3) is 0 Å². The molecule has 0 aromatic carbocycles. The molecule has 128 valence electrons. The lowest BCUT2D eigenvalue weighted by Gasteiger charge is -2.15. The molecule has 0 bridgehead atoms. The number of furan rings is 1. The van der Waals surface area contributed by atoms with E-state index in [1.54, 1.807) is 6.26 Å². The van der Waals surface area contributed by atoms with Crippen molar-refractivity contribution in [3.63, 3.8) is 0 Å². The number of hydrogen-bond donors (Lipinski definition) is 0. The molecule has 1 rings (SSSR count). The van der Waals surface area contributed by atoms with Gasteiger partial charge in [0.1, 0.15) is 5.76 Å². The van der Waals surface area contributed by atoms with Crippen LogP contribution in [0.5, 0.6) is 0 Å². The third-order valence-corrected chi connectivity index (χ3v) is 3.81. The number of carbonyl (C=O) groups excluding carboxylic acids is 1. The quantitative estimate of drug-likeness (QED) is 0.235. The summed E-state index contributed by atoms with van der Waals surface area (Å²) in [4.78, 5) is 12.0. The van der Waals surface area contributed by atoms with Gasteiger partial charge in [-0.25, -0.2) is 0 Å². The van der Waals surface area contributed by atoms with E-state index in [1.165, 1.54) is 25.7 Å². The van der Waals surface area contributed by atoms with Crippen molar-refractivity contribution in [2.75, 3.05) is 0 Å². The molecule has 1 heterocycles. The van der Waals surface area contributed by atoms with Crippen molar-refractivity contribution in [2.24, 2.45) is 0 Å². The molecular weight excluding hydrogens is 288 g/mol. The first-order valence-corrected chi connectivity index (χ1v) is 8.72. The van der Waals surface area contributed by atoms with Crippen molar-refractivity contribution >= 4 is 5.97 Å². The molecule has 3 nitrogen and oxygen atoms in total. The molecule has 1 atom stereocenters. The Morgan fingerprint density at radius 2 is 1.78 bits per heavy atom. The molecule has 0 aliphatic carbocycles. The van der Waals surface area contributed by atoms with Crippen LogP contribution in [0.1, 0.15) is 76.1 Å². The third kappa shape index (κ3) is 9.07. The number of esters is 1. The number of unbranched alkanes of at least 4 members (excludes halogenated alkanes) is 6. The zero-order valence-corrected chi connectivity index (χ0v) is 14.2. The average molecular weight is 318 g/mol. The molecule has 0 fully saturated rings. The summed E-state index contributed by atoms with van der Waals surface area (Å²) >= 11 is 0. The molecule has 23 heavy (non-hydrogen) atoms. The summed E-state index contributed by atoms with van der Waals surface area (Å²) < 4.78 is 10.9. The van der Waals surface area contributed by atoms with Crippen molar-refractivity contribution in [3.05, 3.63) is 49.5 Å². The normalized spacial score (nSPS) is 11.8. The number of carbonyl (C=O) groups is 1. The molecule has 1 aromatic heterocycles. The van der Waals surface area contributed by atoms with Crippen molar-refractivity contribution in [1.82, 2.24) is 0 Å². The van der Waals surface area contributed by atoms with E-state index in [2.05, 4.69) is 13.2 Å². The van der Waals surface area contributed by atoms with Crippen molar-refractivity contribution < 1.29 is 13.9 Å². The first kappa shape index (κ1) is 19.3. The Labute approximate surface area is 140 Å². The van der Waals surface area contributed by atoms with Gasteiger partial charge < -0.3 is 9.15 Å². The standard InChI is InChI=1S/C20H30O3/c1-3-5-7-8-9-10-11-12-16-20(21)23-19(14-6-4-2)18-15-13-17-22-18/h3-4,13,15,17,19H,1-2,5-12,14,16H2. The summed E-state index contributed by atoms with van der Waals surface area (Å²) in [6.07, 6.45) is 15.1. The second-order valence-corrected chi connectivity index (χ2v) is 5.81. The average Bonchev–Trinajstić information content (AvgIpc) is 3.08. The minimum Gasteiger partial charge on any atom is -0.465 e.